The number of rotatable bonds is 1. The number of hydrogen-bond acceptors (Lipinski definition) is 6. The van der Waals surface area contributed by atoms with Gasteiger partial charge >= 0.3 is 0 Å². The van der Waals surface area contributed by atoms with Gasteiger partial charge in [0, 0.05) is 24.8 Å². The van der Waals surface area contributed by atoms with Gasteiger partial charge in [0.1, 0.15) is 10.6 Å². The van der Waals surface area contributed by atoms with Crippen LogP contribution < -0.4 is 5.32 Å². The average Bonchev–Trinajstić information content (AvgIpc) is 2.39. The highest BCUT2D eigenvalue weighted by molar-refractivity contribution is 7.90. The molecule has 0 bridgehead atoms. The van der Waals surface area contributed by atoms with Gasteiger partial charge in [0.25, 0.3) is 10.0 Å². The van der Waals surface area contributed by atoms with E-state index in [0.717, 1.165) is 0 Å². The molecule has 0 aliphatic carbocycles. The van der Waals surface area contributed by atoms with Crippen molar-refractivity contribution in [1.82, 2.24) is 15.0 Å². The molecule has 1 aliphatic rings. The van der Waals surface area contributed by atoms with E-state index in [4.69, 9.17) is 0 Å². The molecule has 0 atom stereocenters. The molecule has 0 unspecified atom stereocenters. The maximum absolute atomic E-state index is 11.9. The smallest absolute Gasteiger partial charge is 0.287 e. The highest BCUT2D eigenvalue weighted by Crippen LogP contribution is 2.26. The summed E-state index contributed by atoms with van der Waals surface area (Å²) in [6.07, 6.45) is 7.16. The number of nitrogens with one attached hydrogen (secondary N) is 1. The van der Waals surface area contributed by atoms with Crippen molar-refractivity contribution in [2.24, 2.45) is 4.40 Å². The monoisotopic (exact) mass is 261 g/mol. The number of fused-ring (bicyclic) bond motifs is 1. The highest BCUT2D eigenvalue weighted by Gasteiger charge is 2.26. The molecule has 0 radical (unpaired) electrons. The molecular formula is C10H7N5O2S. The van der Waals surface area contributed by atoms with E-state index in [-0.39, 0.29) is 10.7 Å². The van der Waals surface area contributed by atoms with E-state index in [0.29, 0.717) is 11.4 Å². The summed E-state index contributed by atoms with van der Waals surface area (Å²) in [5.41, 5.74) is 0.796. The minimum atomic E-state index is -3.74. The molecule has 0 aromatic carbocycles. The average molecular weight is 261 g/mol. The molecule has 1 aliphatic heterocycles. The summed E-state index contributed by atoms with van der Waals surface area (Å²) in [5, 5.41) is 2.90. The lowest BCUT2D eigenvalue weighted by Crippen LogP contribution is -2.23. The second-order valence-corrected chi connectivity index (χ2v) is 5.07. The van der Waals surface area contributed by atoms with Crippen molar-refractivity contribution in [3.63, 3.8) is 0 Å². The molecule has 2 aromatic rings. The van der Waals surface area contributed by atoms with Crippen LogP contribution in [0.25, 0.3) is 0 Å². The fourth-order valence-corrected chi connectivity index (χ4v) is 2.61. The Morgan fingerprint density at radius 3 is 2.67 bits per heavy atom. The van der Waals surface area contributed by atoms with Crippen molar-refractivity contribution in [3.05, 3.63) is 42.7 Å². The van der Waals surface area contributed by atoms with Gasteiger partial charge in [-0.05, 0) is 6.07 Å². The van der Waals surface area contributed by atoms with Crippen LogP contribution in [0.1, 0.15) is 5.69 Å². The van der Waals surface area contributed by atoms with Gasteiger partial charge in [0.2, 0.25) is 0 Å². The van der Waals surface area contributed by atoms with E-state index in [1.165, 1.54) is 31.0 Å². The quantitative estimate of drug-likeness (QED) is 0.799. The lowest BCUT2D eigenvalue weighted by Gasteiger charge is -2.16. The van der Waals surface area contributed by atoms with Crippen LogP contribution >= 0.6 is 0 Å². The van der Waals surface area contributed by atoms with E-state index < -0.39 is 10.0 Å². The van der Waals surface area contributed by atoms with Gasteiger partial charge in [-0.15, -0.1) is 4.40 Å². The SMILES string of the molecule is O=S1(=O)N=C(c2cnccn2)Nc2ccncc21. The molecule has 0 amide bonds. The largest absolute Gasteiger partial charge is 0.336 e. The molecule has 3 heterocycles. The molecule has 8 heteroatoms. The summed E-state index contributed by atoms with van der Waals surface area (Å²) in [5.74, 6) is 0.154. The topological polar surface area (TPSA) is 97.2 Å². The van der Waals surface area contributed by atoms with E-state index in [2.05, 4.69) is 24.7 Å². The summed E-state index contributed by atoms with van der Waals surface area (Å²) in [6, 6.07) is 1.57. The molecule has 0 saturated heterocycles. The van der Waals surface area contributed by atoms with Gasteiger partial charge in [0.05, 0.1) is 11.9 Å². The number of nitrogens with zero attached hydrogens (tertiary/aromatic N) is 4. The van der Waals surface area contributed by atoms with Crippen LogP contribution in [0.15, 0.2) is 46.3 Å². The van der Waals surface area contributed by atoms with Crippen LogP contribution in [0, 0.1) is 0 Å². The summed E-state index contributed by atoms with van der Waals surface area (Å²) in [6.45, 7) is 0. The summed E-state index contributed by atoms with van der Waals surface area (Å²) in [7, 11) is -3.74. The zero-order chi connectivity index (χ0) is 12.6. The van der Waals surface area contributed by atoms with Crippen LogP contribution in [-0.2, 0) is 10.0 Å². The molecule has 7 nitrogen and oxygen atoms in total. The van der Waals surface area contributed by atoms with Gasteiger partial charge in [-0.25, -0.2) is 4.98 Å². The molecule has 0 fully saturated rings. The maximum atomic E-state index is 11.9. The minimum absolute atomic E-state index is 0.0534. The predicted octanol–water partition coefficient (Wildman–Crippen LogP) is 0.433. The summed E-state index contributed by atoms with van der Waals surface area (Å²) < 4.78 is 27.5. The number of anilines is 1. The maximum Gasteiger partial charge on any atom is 0.287 e. The number of hydrogen-bond donors (Lipinski definition) is 1. The van der Waals surface area contributed by atoms with Gasteiger partial charge in [-0.2, -0.15) is 8.42 Å². The first-order chi connectivity index (χ1) is 8.67. The van der Waals surface area contributed by atoms with Crippen LogP contribution in [0.5, 0.6) is 0 Å². The minimum Gasteiger partial charge on any atom is -0.336 e. The lowest BCUT2D eigenvalue weighted by atomic mass is 10.3. The normalized spacial score (nSPS) is 16.3. The molecule has 0 saturated carbocycles. The summed E-state index contributed by atoms with van der Waals surface area (Å²) in [4.78, 5) is 11.7. The second-order valence-electron chi connectivity index (χ2n) is 3.50. The molecule has 3 rings (SSSR count). The molecule has 2 aromatic heterocycles. The third kappa shape index (κ3) is 1.72. The first kappa shape index (κ1) is 10.8. The fourth-order valence-electron chi connectivity index (χ4n) is 1.54. The number of amidine groups is 1. The number of aromatic nitrogens is 3. The zero-order valence-electron chi connectivity index (χ0n) is 8.98. The first-order valence-electron chi connectivity index (χ1n) is 4.99. The molecule has 0 spiro atoms. The number of pyridine rings is 1. The van der Waals surface area contributed by atoms with Crippen LogP contribution in [-0.4, -0.2) is 29.2 Å². The van der Waals surface area contributed by atoms with E-state index in [1.54, 1.807) is 6.07 Å². The first-order valence-corrected chi connectivity index (χ1v) is 6.43. The van der Waals surface area contributed by atoms with Gasteiger partial charge in [-0.3, -0.25) is 9.97 Å². The Balaban J connectivity index is 2.16. The fraction of sp³-hybridized carbons (Fsp3) is 0. The highest BCUT2D eigenvalue weighted by atomic mass is 32.2. The van der Waals surface area contributed by atoms with E-state index in [9.17, 15) is 8.42 Å². The van der Waals surface area contributed by atoms with Crippen molar-refractivity contribution in [2.45, 2.75) is 4.90 Å². The van der Waals surface area contributed by atoms with Crippen molar-refractivity contribution in [3.8, 4) is 0 Å². The Morgan fingerprint density at radius 1 is 1.06 bits per heavy atom. The van der Waals surface area contributed by atoms with E-state index >= 15 is 0 Å². The van der Waals surface area contributed by atoms with Gasteiger partial charge < -0.3 is 5.32 Å². The number of sulfonamides is 1. The molecule has 18 heavy (non-hydrogen) atoms. The summed E-state index contributed by atoms with van der Waals surface area (Å²) >= 11 is 0. The van der Waals surface area contributed by atoms with Crippen molar-refractivity contribution in [1.29, 1.82) is 0 Å². The third-order valence-corrected chi connectivity index (χ3v) is 3.64. The van der Waals surface area contributed by atoms with Crippen molar-refractivity contribution in [2.75, 3.05) is 5.32 Å². The Bertz CT molecular complexity index is 727. The van der Waals surface area contributed by atoms with Crippen LogP contribution in [0.3, 0.4) is 0 Å². The molecule has 90 valence electrons. The van der Waals surface area contributed by atoms with Crippen LogP contribution in [0.2, 0.25) is 0 Å². The Hall–Kier alpha value is -2.35. The van der Waals surface area contributed by atoms with Gasteiger partial charge in [0.15, 0.2) is 5.84 Å². The molecular weight excluding hydrogens is 254 g/mol. The van der Waals surface area contributed by atoms with E-state index in [1.807, 2.05) is 0 Å². The third-order valence-electron chi connectivity index (χ3n) is 2.33. The lowest BCUT2D eigenvalue weighted by molar-refractivity contribution is 0.597. The Morgan fingerprint density at radius 2 is 1.89 bits per heavy atom. The second kappa shape index (κ2) is 3.84. The van der Waals surface area contributed by atoms with Crippen LogP contribution in [0.4, 0.5) is 5.69 Å². The Kier molecular flexibility index (Phi) is 2.30. The predicted molar refractivity (Wildman–Crippen MR) is 63.6 cm³/mol. The molecule has 1 N–H and O–H groups in total. The Labute approximate surface area is 103 Å². The standard InChI is InChI=1S/C10H7N5O2S/c16-18(17)9-6-11-2-1-7(9)14-10(15-18)8-5-12-3-4-13-8/h1-6H,(H,14,15). The van der Waals surface area contributed by atoms with Crippen molar-refractivity contribution >= 4 is 21.5 Å². The zero-order valence-corrected chi connectivity index (χ0v) is 9.79. The van der Waals surface area contributed by atoms with Crippen molar-refractivity contribution < 1.29 is 8.42 Å². The van der Waals surface area contributed by atoms with Gasteiger partial charge in [-0.1, -0.05) is 0 Å².